The van der Waals surface area contributed by atoms with Crippen LogP contribution in [-0.2, 0) is 6.18 Å². The van der Waals surface area contributed by atoms with Crippen molar-refractivity contribution in [2.24, 2.45) is 0 Å². The van der Waals surface area contributed by atoms with Crippen LogP contribution in [0.1, 0.15) is 21.6 Å². The summed E-state index contributed by atoms with van der Waals surface area (Å²) < 4.78 is 38.1. The van der Waals surface area contributed by atoms with Gasteiger partial charge in [-0.2, -0.15) is 13.2 Å². The molecule has 21 heavy (non-hydrogen) atoms. The summed E-state index contributed by atoms with van der Waals surface area (Å²) in [7, 11) is 0. The average Bonchev–Trinajstić information content (AvgIpc) is 2.35. The minimum absolute atomic E-state index is 0.126. The van der Waals surface area contributed by atoms with Crippen molar-refractivity contribution in [3.8, 4) is 0 Å². The number of halogens is 6. The van der Waals surface area contributed by atoms with Gasteiger partial charge in [-0.3, -0.25) is 4.79 Å². The number of benzene rings is 1. The number of hydrogen-bond donors (Lipinski definition) is 0. The molecule has 110 valence electrons. The van der Waals surface area contributed by atoms with Crippen molar-refractivity contribution in [2.75, 3.05) is 0 Å². The molecule has 0 aliphatic carbocycles. The van der Waals surface area contributed by atoms with Gasteiger partial charge >= 0.3 is 6.18 Å². The van der Waals surface area contributed by atoms with Gasteiger partial charge in [-0.25, -0.2) is 4.98 Å². The van der Waals surface area contributed by atoms with Crippen LogP contribution in [0.5, 0.6) is 0 Å². The molecule has 0 radical (unpaired) electrons. The molecule has 0 saturated heterocycles. The molecule has 0 spiro atoms. The first-order chi connectivity index (χ1) is 9.68. The maximum absolute atomic E-state index is 12.5. The number of nitrogens with zero attached hydrogens (tertiary/aromatic N) is 1. The Hall–Kier alpha value is -1.11. The Morgan fingerprint density at radius 1 is 1.14 bits per heavy atom. The topological polar surface area (TPSA) is 30.0 Å². The molecular formula is C13H5BrCl2F3NO. The van der Waals surface area contributed by atoms with Crippen LogP contribution < -0.4 is 0 Å². The monoisotopic (exact) mass is 397 g/mol. The lowest BCUT2D eigenvalue weighted by Crippen LogP contribution is -2.11. The average molecular weight is 399 g/mol. The molecule has 0 bridgehead atoms. The van der Waals surface area contributed by atoms with Crippen LogP contribution in [0.15, 0.2) is 34.8 Å². The normalized spacial score (nSPS) is 11.5. The molecule has 0 saturated carbocycles. The van der Waals surface area contributed by atoms with Crippen LogP contribution in [0.4, 0.5) is 13.2 Å². The molecule has 1 heterocycles. The lowest BCUT2D eigenvalue weighted by molar-refractivity contribution is -0.141. The highest BCUT2D eigenvalue weighted by molar-refractivity contribution is 9.10. The molecule has 0 fully saturated rings. The van der Waals surface area contributed by atoms with Crippen LogP contribution in [0.25, 0.3) is 0 Å². The van der Waals surface area contributed by atoms with Gasteiger partial charge < -0.3 is 0 Å². The summed E-state index contributed by atoms with van der Waals surface area (Å²) in [5.74, 6) is -0.565. The van der Waals surface area contributed by atoms with E-state index in [1.165, 1.54) is 12.1 Å². The molecule has 0 atom stereocenters. The first-order valence-corrected chi connectivity index (χ1v) is 6.98. The zero-order chi connectivity index (χ0) is 15.8. The van der Waals surface area contributed by atoms with Gasteiger partial charge in [0, 0.05) is 15.1 Å². The molecule has 2 nitrogen and oxygen atoms in total. The molecule has 8 heteroatoms. The second-order valence-corrected chi connectivity index (χ2v) is 5.73. The van der Waals surface area contributed by atoms with Gasteiger partial charge in [0.1, 0.15) is 10.8 Å². The lowest BCUT2D eigenvalue weighted by Gasteiger charge is -2.09. The fraction of sp³-hybridized carbons (Fsp3) is 0.0769. The zero-order valence-corrected chi connectivity index (χ0v) is 13.1. The highest BCUT2D eigenvalue weighted by atomic mass is 79.9. The van der Waals surface area contributed by atoms with E-state index in [-0.39, 0.29) is 11.1 Å². The third kappa shape index (κ3) is 3.75. The Balaban J connectivity index is 2.44. The predicted molar refractivity (Wildman–Crippen MR) is 76.8 cm³/mol. The maximum atomic E-state index is 12.5. The number of pyridine rings is 1. The van der Waals surface area contributed by atoms with Crippen molar-refractivity contribution in [1.29, 1.82) is 0 Å². The second-order valence-electron chi connectivity index (χ2n) is 4.02. The highest BCUT2D eigenvalue weighted by Gasteiger charge is 2.33. The number of rotatable bonds is 2. The first kappa shape index (κ1) is 16.3. The third-order valence-electron chi connectivity index (χ3n) is 2.51. The summed E-state index contributed by atoms with van der Waals surface area (Å²) in [6.07, 6.45) is -4.62. The fourth-order valence-electron chi connectivity index (χ4n) is 1.60. The summed E-state index contributed by atoms with van der Waals surface area (Å²) in [6, 6.07) is 6.16. The fourth-order valence-corrected chi connectivity index (χ4v) is 2.70. The van der Waals surface area contributed by atoms with E-state index in [9.17, 15) is 18.0 Å². The first-order valence-electron chi connectivity index (χ1n) is 5.43. The number of alkyl halides is 3. The van der Waals surface area contributed by atoms with Gasteiger partial charge in [0.2, 0.25) is 0 Å². The molecule has 1 aromatic carbocycles. The van der Waals surface area contributed by atoms with E-state index in [2.05, 4.69) is 20.9 Å². The van der Waals surface area contributed by atoms with Crippen LogP contribution in [0.3, 0.4) is 0 Å². The standard InChI is InChI=1S/C13H5BrCl2F3NO/c14-7-3-6(4-8(15)5-7)11(21)9-1-2-10(13(17,18)19)20-12(9)16/h1-5H. The van der Waals surface area contributed by atoms with E-state index in [0.29, 0.717) is 15.6 Å². The smallest absolute Gasteiger partial charge is 0.288 e. The summed E-state index contributed by atoms with van der Waals surface area (Å²) in [6.45, 7) is 0. The van der Waals surface area contributed by atoms with E-state index in [4.69, 9.17) is 23.2 Å². The van der Waals surface area contributed by atoms with Crippen LogP contribution in [0.2, 0.25) is 10.2 Å². The Kier molecular flexibility index (Phi) is 4.60. The summed E-state index contributed by atoms with van der Waals surface area (Å²) in [4.78, 5) is 15.5. The van der Waals surface area contributed by atoms with E-state index in [1.54, 1.807) is 6.07 Å². The Bertz CT molecular complexity index is 699. The lowest BCUT2D eigenvalue weighted by atomic mass is 10.0. The number of ketones is 1. The Morgan fingerprint density at radius 3 is 2.33 bits per heavy atom. The van der Waals surface area contributed by atoms with Gasteiger partial charge in [-0.1, -0.05) is 39.1 Å². The van der Waals surface area contributed by atoms with E-state index >= 15 is 0 Å². The minimum atomic E-state index is -4.62. The SMILES string of the molecule is O=C(c1cc(Cl)cc(Br)c1)c1ccc(C(F)(F)F)nc1Cl. The van der Waals surface area contributed by atoms with Crippen LogP contribution in [0, 0.1) is 0 Å². The van der Waals surface area contributed by atoms with Crippen molar-refractivity contribution in [3.05, 3.63) is 61.8 Å². The van der Waals surface area contributed by atoms with E-state index in [1.807, 2.05) is 0 Å². The van der Waals surface area contributed by atoms with Gasteiger partial charge in [-0.15, -0.1) is 0 Å². The van der Waals surface area contributed by atoms with Crippen molar-refractivity contribution in [2.45, 2.75) is 6.18 Å². The molecule has 0 aliphatic heterocycles. The summed E-state index contributed by atoms with van der Waals surface area (Å²) in [5, 5.41) is -0.199. The van der Waals surface area contributed by atoms with Gasteiger partial charge in [0.15, 0.2) is 5.78 Å². The Morgan fingerprint density at radius 2 is 1.81 bits per heavy atom. The van der Waals surface area contributed by atoms with E-state index < -0.39 is 22.8 Å². The maximum Gasteiger partial charge on any atom is 0.433 e. The van der Waals surface area contributed by atoms with Crippen molar-refractivity contribution in [1.82, 2.24) is 4.98 Å². The molecule has 0 N–H and O–H groups in total. The van der Waals surface area contributed by atoms with Gasteiger partial charge in [-0.05, 0) is 30.3 Å². The quantitative estimate of drug-likeness (QED) is 0.500. The zero-order valence-electron chi connectivity index (χ0n) is 10.0. The summed E-state index contributed by atoms with van der Waals surface area (Å²) in [5.41, 5.74) is -1.09. The van der Waals surface area contributed by atoms with Gasteiger partial charge in [0.05, 0.1) is 5.56 Å². The predicted octanol–water partition coefficient (Wildman–Crippen LogP) is 5.40. The molecule has 0 aliphatic rings. The van der Waals surface area contributed by atoms with E-state index in [0.717, 1.165) is 6.07 Å². The Labute approximate surface area is 136 Å². The third-order valence-corrected chi connectivity index (χ3v) is 3.47. The molecule has 2 rings (SSSR count). The largest absolute Gasteiger partial charge is 0.433 e. The van der Waals surface area contributed by atoms with Crippen LogP contribution >= 0.6 is 39.1 Å². The van der Waals surface area contributed by atoms with Crippen LogP contribution in [-0.4, -0.2) is 10.8 Å². The van der Waals surface area contributed by atoms with Crippen molar-refractivity contribution < 1.29 is 18.0 Å². The minimum Gasteiger partial charge on any atom is -0.288 e. The second kappa shape index (κ2) is 5.94. The molecule has 2 aromatic rings. The molecule has 0 unspecified atom stereocenters. The van der Waals surface area contributed by atoms with Crippen molar-refractivity contribution >= 4 is 44.9 Å². The highest BCUT2D eigenvalue weighted by Crippen LogP contribution is 2.30. The van der Waals surface area contributed by atoms with Crippen molar-refractivity contribution in [3.63, 3.8) is 0 Å². The summed E-state index contributed by atoms with van der Waals surface area (Å²) >= 11 is 14.7. The number of aromatic nitrogens is 1. The number of carbonyl (C=O) groups excluding carboxylic acids is 1. The molecule has 0 amide bonds. The molecule has 1 aromatic heterocycles. The van der Waals surface area contributed by atoms with Gasteiger partial charge in [0.25, 0.3) is 0 Å². The molecular weight excluding hydrogens is 394 g/mol. The number of carbonyl (C=O) groups is 1. The number of hydrogen-bond acceptors (Lipinski definition) is 2.